The normalized spacial score (nSPS) is 18.0. The van der Waals surface area contributed by atoms with Crippen molar-refractivity contribution in [2.45, 2.75) is 57.0 Å². The fourth-order valence-corrected chi connectivity index (χ4v) is 10.1. The molecule has 0 bridgehead atoms. The Labute approximate surface area is 370 Å². The standard InChI is InChI=1S/C46H50ClN9O6S/c1-46(2)16-12-32(38(27-46)30-4-6-33(47)7-5-30)29-53-20-22-54(23-21-53)34-8-10-37(40(25-34)55-41-24-31-13-17-48-44(31)50-39(41)28-49-55)45(57)51-63(60,61)36-9-11-43(42(26-36)56(58)59)62-35-14-18-52(3)19-15-35/h4-11,13,17,24-26,28,35,49H,12,14-16,18-23,27,29H2,1-3H3,(H,51,57). The Balaban J connectivity index is 0.982. The summed E-state index contributed by atoms with van der Waals surface area (Å²) in [4.78, 5) is 41.2. The number of carbonyl (C=O) groups is 1. The van der Waals surface area contributed by atoms with Gasteiger partial charge in [-0.25, -0.2) is 23.1 Å². The summed E-state index contributed by atoms with van der Waals surface area (Å²) < 4.78 is 37.5. The van der Waals surface area contributed by atoms with E-state index < -0.39 is 31.4 Å². The number of nitrogens with one attached hydrogen (secondary N) is 2. The minimum Gasteiger partial charge on any atom is -0.483 e. The van der Waals surface area contributed by atoms with Crippen LogP contribution in [0.4, 0.5) is 11.4 Å². The van der Waals surface area contributed by atoms with Gasteiger partial charge in [0.25, 0.3) is 15.9 Å². The number of halogens is 1. The number of anilines is 1. The Morgan fingerprint density at radius 1 is 1.00 bits per heavy atom. The van der Waals surface area contributed by atoms with Gasteiger partial charge in [0, 0.05) is 80.4 Å². The van der Waals surface area contributed by atoms with Crippen LogP contribution in [0.3, 0.4) is 0 Å². The third-order valence-electron chi connectivity index (χ3n) is 12.7. The number of carbonyl (C=O) groups excluding carboxylic acids is 1. The number of benzene rings is 3. The number of nitrogens with zero attached hydrogens (tertiary/aromatic N) is 7. The molecule has 17 heteroatoms. The van der Waals surface area contributed by atoms with Crippen molar-refractivity contribution in [1.82, 2.24) is 34.3 Å². The summed E-state index contributed by atoms with van der Waals surface area (Å²) in [5.74, 6) is -0.926. The third-order valence-corrected chi connectivity index (χ3v) is 14.3. The molecule has 1 aliphatic carbocycles. The monoisotopic (exact) mass is 891 g/mol. The van der Waals surface area contributed by atoms with Gasteiger partial charge in [0.05, 0.1) is 26.6 Å². The molecule has 0 atom stereocenters. The zero-order chi connectivity index (χ0) is 44.0. The summed E-state index contributed by atoms with van der Waals surface area (Å²) in [6, 6.07) is 20.7. The lowest BCUT2D eigenvalue weighted by molar-refractivity contribution is -0.386. The number of likely N-dealkylation sites (tertiary alicyclic amines) is 1. The fraction of sp³-hybridized carbons (Fsp3) is 0.370. The van der Waals surface area contributed by atoms with E-state index in [1.54, 1.807) is 23.1 Å². The molecule has 15 nitrogen and oxygen atoms in total. The van der Waals surface area contributed by atoms with Crippen LogP contribution in [0.5, 0.6) is 5.75 Å². The number of ether oxygens (including phenoxy) is 1. The van der Waals surface area contributed by atoms with Crippen molar-refractivity contribution < 1.29 is 22.9 Å². The molecule has 1 amide bonds. The second-order valence-electron chi connectivity index (χ2n) is 17.7. The Bertz CT molecular complexity index is 2860. The van der Waals surface area contributed by atoms with Gasteiger partial charge in [-0.2, -0.15) is 0 Å². The van der Waals surface area contributed by atoms with Crippen LogP contribution >= 0.6 is 11.6 Å². The smallest absolute Gasteiger partial charge is 0.312 e. The Hall–Kier alpha value is -5.81. The molecular weight excluding hydrogens is 842 g/mol. The van der Waals surface area contributed by atoms with E-state index in [1.165, 1.54) is 28.8 Å². The van der Waals surface area contributed by atoms with Crippen LogP contribution in [0.25, 0.3) is 33.3 Å². The molecule has 3 aromatic heterocycles. The van der Waals surface area contributed by atoms with Crippen LogP contribution in [0.15, 0.2) is 95.7 Å². The van der Waals surface area contributed by atoms with Gasteiger partial charge >= 0.3 is 5.69 Å². The van der Waals surface area contributed by atoms with Crippen LogP contribution in [-0.2, 0) is 10.0 Å². The van der Waals surface area contributed by atoms with E-state index in [0.29, 0.717) is 35.2 Å². The highest BCUT2D eigenvalue weighted by Crippen LogP contribution is 2.43. The predicted molar refractivity (Wildman–Crippen MR) is 244 cm³/mol. The summed E-state index contributed by atoms with van der Waals surface area (Å²) >= 11 is 6.26. The molecule has 0 spiro atoms. The van der Waals surface area contributed by atoms with Crippen LogP contribution in [0.1, 0.15) is 61.9 Å². The lowest BCUT2D eigenvalue weighted by Crippen LogP contribution is -2.47. The van der Waals surface area contributed by atoms with Crippen molar-refractivity contribution in [1.29, 1.82) is 0 Å². The first-order valence-corrected chi connectivity index (χ1v) is 23.2. The van der Waals surface area contributed by atoms with E-state index in [9.17, 15) is 23.3 Å². The number of aromatic nitrogens is 4. The van der Waals surface area contributed by atoms with Gasteiger partial charge in [-0.3, -0.25) is 29.6 Å². The number of piperidine rings is 1. The maximum absolute atomic E-state index is 14.2. The summed E-state index contributed by atoms with van der Waals surface area (Å²) in [5.41, 5.74) is 7.01. The highest BCUT2D eigenvalue weighted by molar-refractivity contribution is 7.90. The highest BCUT2D eigenvalue weighted by atomic mass is 35.5. The summed E-state index contributed by atoms with van der Waals surface area (Å²) in [5, 5.41) is 16.9. The van der Waals surface area contributed by atoms with E-state index in [2.05, 4.69) is 60.5 Å². The van der Waals surface area contributed by atoms with Crippen molar-refractivity contribution in [2.75, 3.05) is 57.8 Å². The molecule has 0 saturated carbocycles. The minimum absolute atomic E-state index is 0.0193. The van der Waals surface area contributed by atoms with E-state index in [4.69, 9.17) is 16.3 Å². The molecule has 9 rings (SSSR count). The van der Waals surface area contributed by atoms with Crippen molar-refractivity contribution in [2.24, 2.45) is 5.41 Å². The molecule has 2 saturated heterocycles. The molecule has 328 valence electrons. The minimum atomic E-state index is -4.58. The molecule has 2 N–H and O–H groups in total. The van der Waals surface area contributed by atoms with E-state index in [0.717, 1.165) is 87.2 Å². The maximum atomic E-state index is 14.2. The number of aromatic amines is 1. The summed E-state index contributed by atoms with van der Waals surface area (Å²) in [6.07, 6.45) is 7.72. The molecule has 63 heavy (non-hydrogen) atoms. The molecule has 3 aliphatic rings. The zero-order valence-electron chi connectivity index (χ0n) is 35.5. The average molecular weight is 892 g/mol. The molecule has 0 unspecified atom stereocenters. The van der Waals surface area contributed by atoms with Crippen LogP contribution in [0.2, 0.25) is 5.02 Å². The molecule has 0 radical (unpaired) electrons. The molecule has 2 aliphatic heterocycles. The fourth-order valence-electron chi connectivity index (χ4n) is 9.03. The zero-order valence-corrected chi connectivity index (χ0v) is 37.1. The first-order chi connectivity index (χ1) is 30.2. The molecular formula is C46H50ClN9O6S. The maximum Gasteiger partial charge on any atom is 0.312 e. The number of hydrogen-bond donors (Lipinski definition) is 2. The van der Waals surface area contributed by atoms with Crippen molar-refractivity contribution in [3.63, 3.8) is 0 Å². The van der Waals surface area contributed by atoms with Gasteiger partial charge in [0.15, 0.2) is 11.4 Å². The second kappa shape index (κ2) is 17.1. The van der Waals surface area contributed by atoms with Crippen LogP contribution in [0, 0.1) is 15.5 Å². The number of hydrogen-bond acceptors (Lipinski definition) is 11. The topological polar surface area (TPSA) is 172 Å². The number of H-pyrrole nitrogens is 1. The quantitative estimate of drug-likeness (QED) is 0.0959. The number of nitro benzene ring substituents is 1. The Kier molecular flexibility index (Phi) is 11.5. The van der Waals surface area contributed by atoms with E-state index in [-0.39, 0.29) is 22.8 Å². The number of allylic oxidation sites excluding steroid dienone is 1. The number of piperazine rings is 1. The van der Waals surface area contributed by atoms with Gasteiger partial charge in [-0.15, -0.1) is 0 Å². The van der Waals surface area contributed by atoms with Gasteiger partial charge in [-0.1, -0.05) is 43.2 Å². The van der Waals surface area contributed by atoms with Crippen LogP contribution in [-0.4, -0.2) is 108 Å². The predicted octanol–water partition coefficient (Wildman–Crippen LogP) is 7.84. The van der Waals surface area contributed by atoms with E-state index in [1.807, 2.05) is 43.4 Å². The van der Waals surface area contributed by atoms with Gasteiger partial charge in [0.1, 0.15) is 11.6 Å². The van der Waals surface area contributed by atoms with E-state index >= 15 is 0 Å². The first kappa shape index (κ1) is 42.5. The number of sulfonamides is 1. The highest BCUT2D eigenvalue weighted by Gasteiger charge is 2.31. The molecule has 2 fully saturated rings. The molecule has 6 aromatic rings. The summed E-state index contributed by atoms with van der Waals surface area (Å²) in [6.45, 7) is 10.3. The first-order valence-electron chi connectivity index (χ1n) is 21.3. The van der Waals surface area contributed by atoms with Gasteiger partial charge in [-0.05, 0) is 110 Å². The Morgan fingerprint density at radius 3 is 2.51 bits per heavy atom. The number of nitro groups is 1. The second-order valence-corrected chi connectivity index (χ2v) is 19.8. The lowest BCUT2D eigenvalue weighted by Gasteiger charge is -2.39. The number of rotatable bonds is 11. The van der Waals surface area contributed by atoms with Crippen molar-refractivity contribution >= 4 is 66.5 Å². The van der Waals surface area contributed by atoms with Crippen molar-refractivity contribution in [3.8, 4) is 11.4 Å². The SMILES string of the molecule is CN1CCC(Oc2ccc(S(=O)(=O)NC(=O)c3ccc(N4CCN(CC5=C(c6ccc(Cl)cc6)CC(C)(C)CC5)CC4)cc3-n3[nH]cc4nc5nccc5cc43)cc2[N+](=O)[O-])CC1. The van der Waals surface area contributed by atoms with Crippen molar-refractivity contribution in [3.05, 3.63) is 117 Å². The number of pyridine rings is 1. The average Bonchev–Trinajstić information content (AvgIpc) is 3.91. The van der Waals surface area contributed by atoms with Gasteiger partial charge < -0.3 is 14.5 Å². The van der Waals surface area contributed by atoms with Crippen LogP contribution < -0.4 is 14.4 Å². The number of fused-ring (bicyclic) bond motifs is 2. The molecule has 3 aromatic carbocycles. The summed E-state index contributed by atoms with van der Waals surface area (Å²) in [7, 11) is -2.58. The number of amides is 1. The largest absolute Gasteiger partial charge is 0.483 e. The molecule has 5 heterocycles. The van der Waals surface area contributed by atoms with Gasteiger partial charge in [0.2, 0.25) is 0 Å². The Morgan fingerprint density at radius 2 is 1.76 bits per heavy atom. The lowest BCUT2D eigenvalue weighted by atomic mass is 9.72. The third kappa shape index (κ3) is 9.03.